The minimum atomic E-state index is -4.61. The molecule has 2 aliphatic heterocycles. The van der Waals surface area contributed by atoms with Crippen molar-refractivity contribution in [3.63, 3.8) is 0 Å². The molecule has 6 nitrogen and oxygen atoms in total. The number of alkyl halides is 3. The standard InChI is InChI=1S/C22H21BrF3N5O/c23-16-5-3-14(4-6-16)18-11-19(22(24,25)26)31-21(28-18)15(12-27-31)10-20(32)30-9-8-29-7-1-2-17(29)13-30/h3-6,11-12,17H,1-2,7-10,13H2. The van der Waals surface area contributed by atoms with Crippen LogP contribution in [0.25, 0.3) is 16.9 Å². The van der Waals surface area contributed by atoms with Gasteiger partial charge in [0, 0.05) is 41.3 Å². The molecule has 1 unspecified atom stereocenters. The molecule has 1 amide bonds. The maximum Gasteiger partial charge on any atom is 0.433 e. The van der Waals surface area contributed by atoms with E-state index in [4.69, 9.17) is 0 Å². The van der Waals surface area contributed by atoms with Crippen LogP contribution in [-0.2, 0) is 17.4 Å². The van der Waals surface area contributed by atoms with Crippen LogP contribution >= 0.6 is 15.9 Å². The van der Waals surface area contributed by atoms with Gasteiger partial charge in [-0.25, -0.2) is 9.50 Å². The molecule has 32 heavy (non-hydrogen) atoms. The third kappa shape index (κ3) is 4.01. The van der Waals surface area contributed by atoms with E-state index in [9.17, 15) is 18.0 Å². The Morgan fingerprint density at radius 3 is 2.69 bits per heavy atom. The smallest absolute Gasteiger partial charge is 0.340 e. The van der Waals surface area contributed by atoms with Crippen molar-refractivity contribution in [1.29, 1.82) is 0 Å². The van der Waals surface area contributed by atoms with Gasteiger partial charge < -0.3 is 4.90 Å². The second-order valence-electron chi connectivity index (χ2n) is 8.29. The third-order valence-electron chi connectivity index (χ3n) is 6.26. The molecule has 0 bridgehead atoms. The Morgan fingerprint density at radius 1 is 1.16 bits per heavy atom. The van der Waals surface area contributed by atoms with Gasteiger partial charge in [0.2, 0.25) is 5.91 Å². The second-order valence-corrected chi connectivity index (χ2v) is 9.20. The Labute approximate surface area is 191 Å². The van der Waals surface area contributed by atoms with Crippen molar-refractivity contribution in [2.45, 2.75) is 31.5 Å². The highest BCUT2D eigenvalue weighted by atomic mass is 79.9. The number of nitrogens with zero attached hydrogens (tertiary/aromatic N) is 5. The Kier molecular flexibility index (Phi) is 5.45. The maximum absolute atomic E-state index is 13.8. The molecule has 2 aromatic heterocycles. The minimum Gasteiger partial charge on any atom is -0.340 e. The molecule has 5 rings (SSSR count). The van der Waals surface area contributed by atoms with E-state index in [2.05, 4.69) is 30.9 Å². The fraction of sp³-hybridized carbons (Fsp3) is 0.409. The SMILES string of the molecule is O=C(Cc1cnn2c(C(F)(F)F)cc(-c3ccc(Br)cc3)nc12)N1CCN2CCCC2C1. The molecule has 1 aromatic carbocycles. The van der Waals surface area contributed by atoms with Gasteiger partial charge in [-0.1, -0.05) is 28.1 Å². The first-order valence-electron chi connectivity index (χ1n) is 10.5. The molecule has 3 aromatic rings. The van der Waals surface area contributed by atoms with Crippen molar-refractivity contribution in [1.82, 2.24) is 24.4 Å². The molecule has 4 heterocycles. The average Bonchev–Trinajstić information content (AvgIpc) is 3.39. The van der Waals surface area contributed by atoms with E-state index >= 15 is 0 Å². The van der Waals surface area contributed by atoms with E-state index in [0.717, 1.165) is 41.0 Å². The van der Waals surface area contributed by atoms with Gasteiger partial charge in [-0.3, -0.25) is 9.69 Å². The summed E-state index contributed by atoms with van der Waals surface area (Å²) >= 11 is 3.33. The van der Waals surface area contributed by atoms with Gasteiger partial charge in [0.1, 0.15) is 0 Å². The number of benzene rings is 1. The van der Waals surface area contributed by atoms with Crippen LogP contribution in [0.2, 0.25) is 0 Å². The summed E-state index contributed by atoms with van der Waals surface area (Å²) < 4.78 is 43.0. The highest BCUT2D eigenvalue weighted by molar-refractivity contribution is 9.10. The molecule has 0 aliphatic carbocycles. The van der Waals surface area contributed by atoms with Crippen molar-refractivity contribution in [3.8, 4) is 11.3 Å². The molecule has 0 radical (unpaired) electrons. The van der Waals surface area contributed by atoms with Crippen LogP contribution in [0.1, 0.15) is 24.1 Å². The molecule has 2 fully saturated rings. The Morgan fingerprint density at radius 2 is 1.94 bits per heavy atom. The Bertz CT molecular complexity index is 1160. The van der Waals surface area contributed by atoms with Gasteiger partial charge in [-0.15, -0.1) is 0 Å². The first-order chi connectivity index (χ1) is 15.3. The van der Waals surface area contributed by atoms with Crippen LogP contribution in [0.5, 0.6) is 0 Å². The second kappa shape index (κ2) is 8.15. The fourth-order valence-corrected chi connectivity index (χ4v) is 4.86. The summed E-state index contributed by atoms with van der Waals surface area (Å²) in [5, 5.41) is 3.93. The van der Waals surface area contributed by atoms with Crippen LogP contribution in [0, 0.1) is 0 Å². The molecular weight excluding hydrogens is 487 g/mol. The zero-order valence-corrected chi connectivity index (χ0v) is 18.7. The van der Waals surface area contributed by atoms with Gasteiger partial charge in [0.25, 0.3) is 0 Å². The van der Waals surface area contributed by atoms with E-state index in [1.54, 1.807) is 24.3 Å². The lowest BCUT2D eigenvalue weighted by atomic mass is 10.1. The van der Waals surface area contributed by atoms with Crippen LogP contribution in [0.15, 0.2) is 41.0 Å². The molecular formula is C22H21BrF3N5O. The highest BCUT2D eigenvalue weighted by Gasteiger charge is 2.36. The number of aromatic nitrogens is 3. The first-order valence-corrected chi connectivity index (χ1v) is 11.3. The fourth-order valence-electron chi connectivity index (χ4n) is 4.60. The normalized spacial score (nSPS) is 19.5. The molecule has 1 atom stereocenters. The molecule has 0 spiro atoms. The molecule has 2 saturated heterocycles. The quantitative estimate of drug-likeness (QED) is 0.537. The predicted molar refractivity (Wildman–Crippen MR) is 116 cm³/mol. The minimum absolute atomic E-state index is 0.0235. The van der Waals surface area contributed by atoms with Crippen LogP contribution in [0.3, 0.4) is 0 Å². The van der Waals surface area contributed by atoms with E-state index in [0.29, 0.717) is 30.3 Å². The monoisotopic (exact) mass is 507 g/mol. The van der Waals surface area contributed by atoms with Crippen molar-refractivity contribution >= 4 is 27.5 Å². The topological polar surface area (TPSA) is 53.7 Å². The summed E-state index contributed by atoms with van der Waals surface area (Å²) in [5.41, 5.74) is 0.278. The number of amides is 1. The zero-order valence-electron chi connectivity index (χ0n) is 17.1. The average molecular weight is 508 g/mol. The lowest BCUT2D eigenvalue weighted by Gasteiger charge is -2.37. The van der Waals surface area contributed by atoms with Crippen molar-refractivity contribution in [3.05, 3.63) is 52.3 Å². The van der Waals surface area contributed by atoms with E-state index in [-0.39, 0.29) is 23.7 Å². The summed E-state index contributed by atoms with van der Waals surface area (Å²) in [7, 11) is 0. The summed E-state index contributed by atoms with van der Waals surface area (Å²) in [5.74, 6) is -0.101. The van der Waals surface area contributed by atoms with E-state index in [1.807, 2.05) is 4.90 Å². The largest absolute Gasteiger partial charge is 0.433 e. The Balaban J connectivity index is 1.49. The summed E-state index contributed by atoms with van der Waals surface area (Å²) in [4.78, 5) is 21.7. The van der Waals surface area contributed by atoms with Gasteiger partial charge in [-0.2, -0.15) is 18.3 Å². The van der Waals surface area contributed by atoms with Gasteiger partial charge in [0.05, 0.1) is 18.3 Å². The van der Waals surface area contributed by atoms with Crippen molar-refractivity contribution in [2.24, 2.45) is 0 Å². The van der Waals surface area contributed by atoms with Crippen LogP contribution < -0.4 is 0 Å². The van der Waals surface area contributed by atoms with Crippen molar-refractivity contribution < 1.29 is 18.0 Å². The van der Waals surface area contributed by atoms with E-state index < -0.39 is 11.9 Å². The third-order valence-corrected chi connectivity index (χ3v) is 6.79. The van der Waals surface area contributed by atoms with Crippen molar-refractivity contribution in [2.75, 3.05) is 26.2 Å². The number of carbonyl (C=O) groups is 1. The maximum atomic E-state index is 13.8. The molecule has 0 saturated carbocycles. The number of rotatable bonds is 3. The highest BCUT2D eigenvalue weighted by Crippen LogP contribution is 2.33. The molecule has 2 aliphatic rings. The predicted octanol–water partition coefficient (Wildman–Crippen LogP) is 4.03. The number of hydrogen-bond acceptors (Lipinski definition) is 4. The molecule has 10 heteroatoms. The van der Waals surface area contributed by atoms with E-state index in [1.165, 1.54) is 6.20 Å². The molecule has 0 N–H and O–H groups in total. The summed E-state index contributed by atoms with van der Waals surface area (Å²) in [6.07, 6.45) is -1.09. The van der Waals surface area contributed by atoms with Gasteiger partial charge >= 0.3 is 6.18 Å². The summed E-state index contributed by atoms with van der Waals surface area (Å²) in [6, 6.07) is 8.27. The lowest BCUT2D eigenvalue weighted by molar-refractivity contribution is -0.142. The number of halogens is 4. The first kappa shape index (κ1) is 21.4. The van der Waals surface area contributed by atoms with Crippen LogP contribution in [-0.4, -0.2) is 62.5 Å². The lowest BCUT2D eigenvalue weighted by Crippen LogP contribution is -2.52. The number of carbonyl (C=O) groups excluding carboxylic acids is 1. The zero-order chi connectivity index (χ0) is 22.5. The summed E-state index contributed by atoms with van der Waals surface area (Å²) in [6.45, 7) is 3.22. The van der Waals surface area contributed by atoms with Gasteiger partial charge in [-0.05, 0) is 37.6 Å². The van der Waals surface area contributed by atoms with Crippen LogP contribution in [0.4, 0.5) is 13.2 Å². The number of fused-ring (bicyclic) bond motifs is 2. The molecule has 168 valence electrons. The number of piperazine rings is 1. The Hall–Kier alpha value is -2.46. The van der Waals surface area contributed by atoms with Gasteiger partial charge in [0.15, 0.2) is 11.3 Å². The number of hydrogen-bond donors (Lipinski definition) is 0.